The molecule has 0 saturated carbocycles. The predicted octanol–water partition coefficient (Wildman–Crippen LogP) is 4.70. The fourth-order valence-corrected chi connectivity index (χ4v) is 2.63. The molecule has 1 amide bonds. The second-order valence-electron chi connectivity index (χ2n) is 6.07. The number of anilines is 1. The van der Waals surface area contributed by atoms with Crippen molar-refractivity contribution < 1.29 is 9.53 Å². The summed E-state index contributed by atoms with van der Waals surface area (Å²) in [5, 5.41) is 5.92. The summed E-state index contributed by atoms with van der Waals surface area (Å²) in [4.78, 5) is 12.2. The van der Waals surface area contributed by atoms with Gasteiger partial charge in [0.1, 0.15) is 12.4 Å². The predicted molar refractivity (Wildman–Crippen MR) is 112 cm³/mol. The molecule has 0 bridgehead atoms. The molecule has 0 aromatic heterocycles. The number of thiocarbonyl (C=S) groups is 1. The van der Waals surface area contributed by atoms with Gasteiger partial charge in [0.2, 0.25) is 0 Å². The molecule has 2 N–H and O–H groups in total. The molecular formula is C22H20N2O2S. The average Bonchev–Trinajstić information content (AvgIpc) is 2.68. The molecule has 0 aliphatic rings. The van der Waals surface area contributed by atoms with Crippen LogP contribution in [0, 0.1) is 6.92 Å². The lowest BCUT2D eigenvalue weighted by molar-refractivity contribution is 0.0977. The van der Waals surface area contributed by atoms with Crippen LogP contribution in [0.2, 0.25) is 0 Å². The Morgan fingerprint density at radius 2 is 1.59 bits per heavy atom. The second-order valence-corrected chi connectivity index (χ2v) is 6.48. The maximum Gasteiger partial charge on any atom is 0.257 e. The van der Waals surface area contributed by atoms with Gasteiger partial charge in [-0.25, -0.2) is 0 Å². The Hall–Kier alpha value is -3.18. The molecule has 0 aliphatic carbocycles. The highest BCUT2D eigenvalue weighted by Gasteiger charge is 2.07. The number of hydrogen-bond donors (Lipinski definition) is 2. The van der Waals surface area contributed by atoms with Gasteiger partial charge in [0.25, 0.3) is 5.91 Å². The van der Waals surface area contributed by atoms with Crippen LogP contribution >= 0.6 is 12.2 Å². The van der Waals surface area contributed by atoms with Crippen molar-refractivity contribution in [3.8, 4) is 5.75 Å². The van der Waals surface area contributed by atoms with E-state index in [1.807, 2.05) is 73.7 Å². The maximum atomic E-state index is 12.2. The van der Waals surface area contributed by atoms with Crippen molar-refractivity contribution in [2.24, 2.45) is 0 Å². The quantitative estimate of drug-likeness (QED) is 0.634. The van der Waals surface area contributed by atoms with Crippen molar-refractivity contribution >= 4 is 28.9 Å². The van der Waals surface area contributed by atoms with E-state index in [4.69, 9.17) is 17.0 Å². The van der Waals surface area contributed by atoms with Gasteiger partial charge in [0.05, 0.1) is 0 Å². The van der Waals surface area contributed by atoms with E-state index in [1.54, 1.807) is 12.1 Å². The minimum Gasteiger partial charge on any atom is -0.489 e. The molecule has 0 spiro atoms. The Morgan fingerprint density at radius 1 is 0.926 bits per heavy atom. The van der Waals surface area contributed by atoms with Gasteiger partial charge in [0.15, 0.2) is 5.11 Å². The number of rotatable bonds is 5. The van der Waals surface area contributed by atoms with Crippen LogP contribution in [-0.2, 0) is 6.61 Å². The topological polar surface area (TPSA) is 50.4 Å². The van der Waals surface area contributed by atoms with Crippen molar-refractivity contribution in [1.82, 2.24) is 5.32 Å². The normalized spacial score (nSPS) is 10.1. The van der Waals surface area contributed by atoms with E-state index in [-0.39, 0.29) is 11.0 Å². The summed E-state index contributed by atoms with van der Waals surface area (Å²) >= 11 is 5.21. The molecule has 4 nitrogen and oxygen atoms in total. The van der Waals surface area contributed by atoms with Gasteiger partial charge in [-0.3, -0.25) is 10.1 Å². The number of carbonyl (C=O) groups is 1. The van der Waals surface area contributed by atoms with Gasteiger partial charge in [-0.1, -0.05) is 48.0 Å². The van der Waals surface area contributed by atoms with Gasteiger partial charge in [-0.15, -0.1) is 0 Å². The fourth-order valence-electron chi connectivity index (χ4n) is 2.42. The van der Waals surface area contributed by atoms with E-state index in [9.17, 15) is 4.79 Å². The van der Waals surface area contributed by atoms with Crippen LogP contribution in [-0.4, -0.2) is 11.0 Å². The standard InChI is InChI=1S/C22H20N2O2S/c1-16-7-9-18(10-8-16)21(25)24-22(27)23-19-11-13-20(14-12-19)26-15-17-5-3-2-4-6-17/h2-14H,15H2,1H3,(H2,23,24,25,27). The molecule has 0 radical (unpaired) electrons. The zero-order valence-corrected chi connectivity index (χ0v) is 15.8. The van der Waals surface area contributed by atoms with Crippen molar-refractivity contribution in [2.75, 3.05) is 5.32 Å². The highest BCUT2D eigenvalue weighted by Crippen LogP contribution is 2.17. The Morgan fingerprint density at radius 3 is 2.26 bits per heavy atom. The molecule has 0 unspecified atom stereocenters. The first kappa shape index (κ1) is 18.6. The summed E-state index contributed by atoms with van der Waals surface area (Å²) in [5.74, 6) is 0.523. The van der Waals surface area contributed by atoms with Crippen LogP contribution in [0.3, 0.4) is 0 Å². The highest BCUT2D eigenvalue weighted by atomic mass is 32.1. The molecule has 3 aromatic carbocycles. The Kier molecular flexibility index (Phi) is 6.18. The van der Waals surface area contributed by atoms with Crippen LogP contribution in [0.1, 0.15) is 21.5 Å². The number of aryl methyl sites for hydroxylation is 1. The van der Waals surface area contributed by atoms with E-state index in [0.29, 0.717) is 12.2 Å². The SMILES string of the molecule is Cc1ccc(C(=O)NC(=S)Nc2ccc(OCc3ccccc3)cc2)cc1. The Bertz CT molecular complexity index is 907. The first-order valence-corrected chi connectivity index (χ1v) is 8.97. The molecule has 0 heterocycles. The summed E-state index contributed by atoms with van der Waals surface area (Å²) in [6.45, 7) is 2.49. The summed E-state index contributed by atoms with van der Waals surface area (Å²) in [6.07, 6.45) is 0. The van der Waals surface area contributed by atoms with Crippen LogP contribution in [0.15, 0.2) is 78.9 Å². The van der Waals surface area contributed by atoms with Crippen molar-refractivity contribution in [3.63, 3.8) is 0 Å². The van der Waals surface area contributed by atoms with Gasteiger partial charge in [-0.2, -0.15) is 0 Å². The van der Waals surface area contributed by atoms with Crippen LogP contribution in [0.25, 0.3) is 0 Å². The third kappa shape index (κ3) is 5.66. The zero-order chi connectivity index (χ0) is 19.1. The molecule has 136 valence electrons. The van der Waals surface area contributed by atoms with Crippen LogP contribution in [0.5, 0.6) is 5.75 Å². The summed E-state index contributed by atoms with van der Waals surface area (Å²) < 4.78 is 5.75. The number of hydrogen-bond acceptors (Lipinski definition) is 3. The molecule has 3 rings (SSSR count). The number of benzene rings is 3. The fraction of sp³-hybridized carbons (Fsp3) is 0.0909. The summed E-state index contributed by atoms with van der Waals surface area (Å²) in [6, 6.07) is 24.7. The Labute approximate surface area is 164 Å². The minimum atomic E-state index is -0.240. The van der Waals surface area contributed by atoms with Crippen molar-refractivity contribution in [3.05, 3.63) is 95.6 Å². The van der Waals surface area contributed by atoms with E-state index < -0.39 is 0 Å². The molecule has 0 fully saturated rings. The second kappa shape index (κ2) is 8.96. The summed E-state index contributed by atoms with van der Waals surface area (Å²) in [5.41, 5.74) is 3.55. The number of ether oxygens (including phenoxy) is 1. The van der Waals surface area contributed by atoms with Crippen molar-refractivity contribution in [2.45, 2.75) is 13.5 Å². The molecule has 27 heavy (non-hydrogen) atoms. The van der Waals surface area contributed by atoms with E-state index in [1.165, 1.54) is 0 Å². The van der Waals surface area contributed by atoms with Gasteiger partial charge < -0.3 is 10.1 Å². The van der Waals surface area contributed by atoms with E-state index >= 15 is 0 Å². The van der Waals surface area contributed by atoms with E-state index in [0.717, 1.165) is 22.6 Å². The molecular weight excluding hydrogens is 356 g/mol. The summed E-state index contributed by atoms with van der Waals surface area (Å²) in [7, 11) is 0. The van der Waals surface area contributed by atoms with Gasteiger partial charge >= 0.3 is 0 Å². The molecule has 0 aliphatic heterocycles. The van der Waals surface area contributed by atoms with Crippen LogP contribution in [0.4, 0.5) is 5.69 Å². The lowest BCUT2D eigenvalue weighted by Gasteiger charge is -2.11. The molecule has 3 aromatic rings. The monoisotopic (exact) mass is 376 g/mol. The van der Waals surface area contributed by atoms with Gasteiger partial charge in [-0.05, 0) is 61.1 Å². The van der Waals surface area contributed by atoms with Crippen LogP contribution < -0.4 is 15.4 Å². The molecule has 0 atom stereocenters. The third-order valence-electron chi connectivity index (χ3n) is 3.90. The van der Waals surface area contributed by atoms with Crippen molar-refractivity contribution in [1.29, 1.82) is 0 Å². The smallest absolute Gasteiger partial charge is 0.257 e. The average molecular weight is 376 g/mol. The lowest BCUT2D eigenvalue weighted by atomic mass is 10.1. The number of nitrogens with one attached hydrogen (secondary N) is 2. The number of carbonyl (C=O) groups excluding carboxylic acids is 1. The highest BCUT2D eigenvalue weighted by molar-refractivity contribution is 7.80. The minimum absolute atomic E-state index is 0.240. The Balaban J connectivity index is 1.50. The molecule has 5 heteroatoms. The maximum absolute atomic E-state index is 12.2. The van der Waals surface area contributed by atoms with Gasteiger partial charge in [0, 0.05) is 11.3 Å². The molecule has 0 saturated heterocycles. The number of amides is 1. The zero-order valence-electron chi connectivity index (χ0n) is 14.9. The third-order valence-corrected chi connectivity index (χ3v) is 4.11. The first-order valence-electron chi connectivity index (χ1n) is 8.56. The largest absolute Gasteiger partial charge is 0.489 e. The van der Waals surface area contributed by atoms with E-state index in [2.05, 4.69) is 10.6 Å². The first-order chi connectivity index (χ1) is 13.1. The lowest BCUT2D eigenvalue weighted by Crippen LogP contribution is -2.34.